The molecule has 1 atom stereocenters. The van der Waals surface area contributed by atoms with Crippen molar-refractivity contribution < 1.29 is 0 Å². The molecular formula is C16H32N2. The highest BCUT2D eigenvalue weighted by molar-refractivity contribution is 4.85. The maximum Gasteiger partial charge on any atom is 0.0196 e. The molecule has 0 amide bonds. The van der Waals surface area contributed by atoms with Crippen molar-refractivity contribution in [3.05, 3.63) is 0 Å². The maximum absolute atomic E-state index is 6.44. The average molecular weight is 252 g/mol. The molecule has 0 aromatic rings. The van der Waals surface area contributed by atoms with Crippen LogP contribution in [0, 0.1) is 11.3 Å². The monoisotopic (exact) mass is 252 g/mol. The maximum atomic E-state index is 6.44. The van der Waals surface area contributed by atoms with Crippen molar-refractivity contribution in [3.8, 4) is 0 Å². The van der Waals surface area contributed by atoms with E-state index < -0.39 is 0 Å². The minimum atomic E-state index is 0.427. The number of nitrogens with zero attached hydrogens (tertiary/aromatic N) is 1. The third-order valence-corrected chi connectivity index (χ3v) is 5.64. The molecule has 2 aliphatic rings. The summed E-state index contributed by atoms with van der Waals surface area (Å²) in [6.45, 7) is 8.47. The molecule has 2 rings (SSSR count). The van der Waals surface area contributed by atoms with Gasteiger partial charge in [0, 0.05) is 12.6 Å². The van der Waals surface area contributed by atoms with E-state index in [0.29, 0.717) is 11.5 Å². The lowest BCUT2D eigenvalue weighted by Crippen LogP contribution is -2.47. The Kier molecular flexibility index (Phi) is 5.08. The lowest BCUT2D eigenvalue weighted by atomic mass is 9.78. The van der Waals surface area contributed by atoms with Gasteiger partial charge in [-0.3, -0.25) is 0 Å². The highest BCUT2D eigenvalue weighted by atomic mass is 15.1. The van der Waals surface area contributed by atoms with E-state index >= 15 is 0 Å². The summed E-state index contributed by atoms with van der Waals surface area (Å²) in [6, 6.07) is 0.427. The summed E-state index contributed by atoms with van der Waals surface area (Å²) in [5, 5.41) is 0. The van der Waals surface area contributed by atoms with Crippen LogP contribution in [0.3, 0.4) is 0 Å². The fraction of sp³-hybridized carbons (Fsp3) is 1.00. The van der Waals surface area contributed by atoms with Gasteiger partial charge in [-0.05, 0) is 50.1 Å². The Morgan fingerprint density at radius 3 is 2.33 bits per heavy atom. The van der Waals surface area contributed by atoms with E-state index in [9.17, 15) is 0 Å². The van der Waals surface area contributed by atoms with Gasteiger partial charge < -0.3 is 10.6 Å². The van der Waals surface area contributed by atoms with Gasteiger partial charge in [0.15, 0.2) is 0 Å². The summed E-state index contributed by atoms with van der Waals surface area (Å²) >= 11 is 0. The Balaban J connectivity index is 1.73. The highest BCUT2D eigenvalue weighted by Gasteiger charge is 2.30. The normalized spacial score (nSPS) is 28.2. The van der Waals surface area contributed by atoms with Crippen LogP contribution in [-0.4, -0.2) is 30.6 Å². The molecule has 2 N–H and O–H groups in total. The van der Waals surface area contributed by atoms with Crippen LogP contribution in [-0.2, 0) is 0 Å². The van der Waals surface area contributed by atoms with Crippen molar-refractivity contribution >= 4 is 0 Å². The van der Waals surface area contributed by atoms with Gasteiger partial charge in [0.2, 0.25) is 0 Å². The first kappa shape index (κ1) is 14.3. The molecule has 1 aliphatic heterocycles. The Morgan fingerprint density at radius 1 is 1.17 bits per heavy atom. The number of rotatable bonds is 4. The summed E-state index contributed by atoms with van der Waals surface area (Å²) < 4.78 is 0. The number of hydrogen-bond donors (Lipinski definition) is 1. The standard InChI is InChI=1S/C16H32N2/c1-3-16(2)9-11-18(12-10-16)13-15(17)14-7-5-4-6-8-14/h14-15H,3-13,17H2,1-2H3. The second kappa shape index (κ2) is 6.38. The van der Waals surface area contributed by atoms with E-state index in [1.54, 1.807) is 0 Å². The Bertz CT molecular complexity index is 237. The molecule has 106 valence electrons. The summed E-state index contributed by atoms with van der Waals surface area (Å²) in [6.07, 6.45) is 11.1. The third-order valence-electron chi connectivity index (χ3n) is 5.64. The topological polar surface area (TPSA) is 29.3 Å². The van der Waals surface area contributed by atoms with Crippen LogP contribution >= 0.6 is 0 Å². The summed E-state index contributed by atoms with van der Waals surface area (Å²) in [4.78, 5) is 2.62. The van der Waals surface area contributed by atoms with Crippen LogP contribution in [0.5, 0.6) is 0 Å². The molecule has 1 heterocycles. The van der Waals surface area contributed by atoms with E-state index in [4.69, 9.17) is 5.73 Å². The van der Waals surface area contributed by atoms with Crippen molar-refractivity contribution in [1.29, 1.82) is 0 Å². The van der Waals surface area contributed by atoms with E-state index in [0.717, 1.165) is 12.5 Å². The Morgan fingerprint density at radius 2 is 1.78 bits per heavy atom. The molecule has 1 unspecified atom stereocenters. The van der Waals surface area contributed by atoms with E-state index in [1.807, 2.05) is 0 Å². The fourth-order valence-corrected chi connectivity index (χ4v) is 3.64. The van der Waals surface area contributed by atoms with E-state index in [2.05, 4.69) is 18.7 Å². The predicted octanol–water partition coefficient (Wildman–Crippen LogP) is 3.41. The quantitative estimate of drug-likeness (QED) is 0.831. The van der Waals surface area contributed by atoms with Crippen LogP contribution in [0.4, 0.5) is 0 Å². The second-order valence-electron chi connectivity index (χ2n) is 7.03. The summed E-state index contributed by atoms with van der Waals surface area (Å²) in [5.74, 6) is 0.804. The fourth-order valence-electron chi connectivity index (χ4n) is 3.64. The third kappa shape index (κ3) is 3.71. The van der Waals surface area contributed by atoms with Crippen molar-refractivity contribution in [2.24, 2.45) is 17.1 Å². The summed E-state index contributed by atoms with van der Waals surface area (Å²) in [7, 11) is 0. The largest absolute Gasteiger partial charge is 0.326 e. The molecule has 18 heavy (non-hydrogen) atoms. The number of likely N-dealkylation sites (tertiary alicyclic amines) is 1. The van der Waals surface area contributed by atoms with Gasteiger partial charge in [-0.15, -0.1) is 0 Å². The van der Waals surface area contributed by atoms with E-state index in [-0.39, 0.29) is 0 Å². The molecule has 2 fully saturated rings. The first-order valence-corrected chi connectivity index (χ1v) is 8.11. The number of nitrogens with two attached hydrogens (primary N) is 1. The Hall–Kier alpha value is -0.0800. The SMILES string of the molecule is CCC1(C)CCN(CC(N)C2CCCCC2)CC1. The zero-order valence-electron chi connectivity index (χ0n) is 12.5. The van der Waals surface area contributed by atoms with Crippen LogP contribution in [0.2, 0.25) is 0 Å². The zero-order valence-corrected chi connectivity index (χ0v) is 12.5. The van der Waals surface area contributed by atoms with E-state index in [1.165, 1.54) is 64.5 Å². The number of piperidine rings is 1. The first-order valence-electron chi connectivity index (χ1n) is 8.11. The van der Waals surface area contributed by atoms with Crippen molar-refractivity contribution in [2.45, 2.75) is 71.3 Å². The van der Waals surface area contributed by atoms with Gasteiger partial charge in [-0.2, -0.15) is 0 Å². The molecule has 0 radical (unpaired) electrons. The van der Waals surface area contributed by atoms with Gasteiger partial charge >= 0.3 is 0 Å². The minimum absolute atomic E-state index is 0.427. The van der Waals surface area contributed by atoms with Gasteiger partial charge in [0.25, 0.3) is 0 Å². The van der Waals surface area contributed by atoms with Crippen LogP contribution in [0.25, 0.3) is 0 Å². The predicted molar refractivity (Wildman–Crippen MR) is 78.6 cm³/mol. The highest BCUT2D eigenvalue weighted by Crippen LogP contribution is 2.34. The average Bonchev–Trinajstić information content (AvgIpc) is 2.42. The lowest BCUT2D eigenvalue weighted by Gasteiger charge is -2.41. The molecule has 1 aliphatic carbocycles. The van der Waals surface area contributed by atoms with Gasteiger partial charge in [0.1, 0.15) is 0 Å². The summed E-state index contributed by atoms with van der Waals surface area (Å²) in [5.41, 5.74) is 7.04. The van der Waals surface area contributed by atoms with Crippen LogP contribution in [0.1, 0.15) is 65.2 Å². The molecular weight excluding hydrogens is 220 g/mol. The second-order valence-corrected chi connectivity index (χ2v) is 7.03. The van der Waals surface area contributed by atoms with Crippen molar-refractivity contribution in [1.82, 2.24) is 4.90 Å². The molecule has 2 nitrogen and oxygen atoms in total. The molecule has 0 bridgehead atoms. The van der Waals surface area contributed by atoms with Gasteiger partial charge in [0.05, 0.1) is 0 Å². The van der Waals surface area contributed by atoms with Gasteiger partial charge in [-0.1, -0.05) is 39.5 Å². The molecule has 2 heteroatoms. The molecule has 0 aromatic carbocycles. The smallest absolute Gasteiger partial charge is 0.0196 e. The Labute approximate surface area is 113 Å². The lowest BCUT2D eigenvalue weighted by molar-refractivity contribution is 0.100. The number of hydrogen-bond acceptors (Lipinski definition) is 2. The molecule has 0 spiro atoms. The molecule has 1 saturated heterocycles. The molecule has 0 aromatic heterocycles. The van der Waals surface area contributed by atoms with Crippen LogP contribution < -0.4 is 5.73 Å². The van der Waals surface area contributed by atoms with Crippen LogP contribution in [0.15, 0.2) is 0 Å². The first-order chi connectivity index (χ1) is 8.63. The van der Waals surface area contributed by atoms with Crippen molar-refractivity contribution in [2.75, 3.05) is 19.6 Å². The zero-order chi connectivity index (χ0) is 13.0. The molecule has 1 saturated carbocycles. The van der Waals surface area contributed by atoms with Crippen molar-refractivity contribution in [3.63, 3.8) is 0 Å². The minimum Gasteiger partial charge on any atom is -0.326 e. The van der Waals surface area contributed by atoms with Gasteiger partial charge in [-0.25, -0.2) is 0 Å².